The fourth-order valence-corrected chi connectivity index (χ4v) is 4.22. The van der Waals surface area contributed by atoms with Crippen molar-refractivity contribution in [3.05, 3.63) is 58.5 Å². The summed E-state index contributed by atoms with van der Waals surface area (Å²) < 4.78 is 16.7. The van der Waals surface area contributed by atoms with Gasteiger partial charge in [0.25, 0.3) is 5.91 Å². The highest BCUT2D eigenvalue weighted by Crippen LogP contribution is 2.40. The SMILES string of the molecule is COc1cc(C=C2SC(=S)N(CCc3ccccc3)C2=O)cc(OC)c1OC. The maximum atomic E-state index is 12.8. The van der Waals surface area contributed by atoms with E-state index in [1.807, 2.05) is 30.3 Å². The molecule has 0 saturated carbocycles. The molecule has 1 amide bonds. The zero-order valence-electron chi connectivity index (χ0n) is 15.9. The largest absolute Gasteiger partial charge is 0.493 e. The number of hydrogen-bond acceptors (Lipinski definition) is 6. The lowest BCUT2D eigenvalue weighted by Crippen LogP contribution is -2.30. The Labute approximate surface area is 174 Å². The fraction of sp³-hybridized carbons (Fsp3) is 0.238. The number of rotatable bonds is 7. The van der Waals surface area contributed by atoms with Gasteiger partial charge in [0.15, 0.2) is 11.5 Å². The standard InChI is InChI=1S/C21H21NO4S2/c1-24-16-11-15(12-17(25-2)19(16)26-3)13-18-20(23)22(21(27)28-18)10-9-14-7-5-4-6-8-14/h4-8,11-13H,9-10H2,1-3H3. The van der Waals surface area contributed by atoms with Gasteiger partial charge >= 0.3 is 0 Å². The fourth-order valence-electron chi connectivity index (χ4n) is 2.91. The van der Waals surface area contributed by atoms with Crippen LogP contribution in [0.3, 0.4) is 0 Å². The van der Waals surface area contributed by atoms with Crippen LogP contribution < -0.4 is 14.2 Å². The summed E-state index contributed by atoms with van der Waals surface area (Å²) in [7, 11) is 4.67. The van der Waals surface area contributed by atoms with Crippen molar-refractivity contribution in [2.24, 2.45) is 0 Å². The summed E-state index contributed by atoms with van der Waals surface area (Å²) in [4.78, 5) is 15.1. The van der Waals surface area contributed by atoms with Crippen molar-refractivity contribution in [3.8, 4) is 17.2 Å². The molecule has 1 aliphatic rings. The Bertz CT molecular complexity index is 887. The molecule has 1 fully saturated rings. The highest BCUT2D eigenvalue weighted by molar-refractivity contribution is 8.26. The molecule has 1 heterocycles. The molecule has 2 aromatic carbocycles. The second-order valence-electron chi connectivity index (χ2n) is 6.03. The third-order valence-corrected chi connectivity index (χ3v) is 5.70. The molecule has 2 aromatic rings. The number of amides is 1. The Balaban J connectivity index is 1.81. The average Bonchev–Trinajstić information content (AvgIpc) is 2.98. The third-order valence-electron chi connectivity index (χ3n) is 4.33. The number of thiocarbonyl (C=S) groups is 1. The van der Waals surface area contributed by atoms with Gasteiger partial charge in [-0.15, -0.1) is 0 Å². The van der Waals surface area contributed by atoms with Crippen LogP contribution in [-0.2, 0) is 11.2 Å². The lowest BCUT2D eigenvalue weighted by molar-refractivity contribution is -0.122. The topological polar surface area (TPSA) is 48.0 Å². The van der Waals surface area contributed by atoms with Crippen LogP contribution in [-0.4, -0.2) is 43.0 Å². The van der Waals surface area contributed by atoms with E-state index in [0.717, 1.165) is 12.0 Å². The normalized spacial score (nSPS) is 15.2. The molecule has 1 aliphatic heterocycles. The van der Waals surface area contributed by atoms with E-state index in [-0.39, 0.29) is 5.91 Å². The van der Waals surface area contributed by atoms with Gasteiger partial charge in [-0.25, -0.2) is 0 Å². The molecule has 146 valence electrons. The van der Waals surface area contributed by atoms with E-state index in [1.165, 1.54) is 17.3 Å². The zero-order chi connectivity index (χ0) is 20.1. The van der Waals surface area contributed by atoms with Gasteiger partial charge < -0.3 is 14.2 Å². The van der Waals surface area contributed by atoms with Crippen LogP contribution in [0.4, 0.5) is 0 Å². The Kier molecular flexibility index (Phi) is 6.59. The summed E-state index contributed by atoms with van der Waals surface area (Å²) >= 11 is 6.73. The van der Waals surface area contributed by atoms with Gasteiger partial charge in [0.2, 0.25) is 5.75 Å². The van der Waals surface area contributed by atoms with E-state index in [9.17, 15) is 4.79 Å². The van der Waals surface area contributed by atoms with Crippen molar-refractivity contribution in [1.82, 2.24) is 4.90 Å². The first kappa shape index (κ1) is 20.2. The van der Waals surface area contributed by atoms with Gasteiger partial charge in [0, 0.05) is 6.54 Å². The molecule has 0 aliphatic carbocycles. The second-order valence-corrected chi connectivity index (χ2v) is 7.70. The Morgan fingerprint density at radius 2 is 1.68 bits per heavy atom. The maximum Gasteiger partial charge on any atom is 0.266 e. The molecular formula is C21H21NO4S2. The third kappa shape index (κ3) is 4.31. The van der Waals surface area contributed by atoms with Crippen LogP contribution in [0.2, 0.25) is 0 Å². The molecule has 0 atom stereocenters. The number of thioether (sulfide) groups is 1. The van der Waals surface area contributed by atoms with Crippen molar-refractivity contribution in [1.29, 1.82) is 0 Å². The van der Waals surface area contributed by atoms with Crippen LogP contribution in [0.15, 0.2) is 47.4 Å². The number of nitrogens with zero attached hydrogens (tertiary/aromatic N) is 1. The van der Waals surface area contributed by atoms with Crippen LogP contribution in [0.25, 0.3) is 6.08 Å². The molecule has 0 spiro atoms. The first-order valence-electron chi connectivity index (χ1n) is 8.66. The molecule has 1 saturated heterocycles. The predicted molar refractivity (Wildman–Crippen MR) is 116 cm³/mol. The van der Waals surface area contributed by atoms with Gasteiger partial charge in [0.05, 0.1) is 26.2 Å². The van der Waals surface area contributed by atoms with Crippen molar-refractivity contribution in [2.45, 2.75) is 6.42 Å². The van der Waals surface area contributed by atoms with Crippen LogP contribution in [0, 0.1) is 0 Å². The monoisotopic (exact) mass is 415 g/mol. The number of carbonyl (C=O) groups excluding carboxylic acids is 1. The van der Waals surface area contributed by atoms with E-state index in [2.05, 4.69) is 0 Å². The quantitative estimate of drug-likeness (QED) is 0.500. The summed E-state index contributed by atoms with van der Waals surface area (Å²) in [5, 5.41) is 0. The summed E-state index contributed by atoms with van der Waals surface area (Å²) in [5.41, 5.74) is 1.95. The summed E-state index contributed by atoms with van der Waals surface area (Å²) in [5.74, 6) is 1.50. The summed E-state index contributed by atoms with van der Waals surface area (Å²) in [6.07, 6.45) is 2.55. The minimum Gasteiger partial charge on any atom is -0.493 e. The molecule has 0 unspecified atom stereocenters. The minimum atomic E-state index is -0.0836. The van der Waals surface area contributed by atoms with Crippen molar-refractivity contribution >= 4 is 40.3 Å². The smallest absolute Gasteiger partial charge is 0.266 e. The lowest BCUT2D eigenvalue weighted by atomic mass is 10.1. The number of ether oxygens (including phenoxy) is 3. The van der Waals surface area contributed by atoms with E-state index in [4.69, 9.17) is 26.4 Å². The van der Waals surface area contributed by atoms with E-state index in [0.29, 0.717) is 33.0 Å². The molecule has 0 radical (unpaired) electrons. The molecule has 5 nitrogen and oxygen atoms in total. The van der Waals surface area contributed by atoms with Gasteiger partial charge in [-0.05, 0) is 35.8 Å². The van der Waals surface area contributed by atoms with Crippen molar-refractivity contribution in [2.75, 3.05) is 27.9 Å². The number of hydrogen-bond donors (Lipinski definition) is 0. The number of carbonyl (C=O) groups is 1. The molecule has 3 rings (SSSR count). The van der Waals surface area contributed by atoms with E-state index >= 15 is 0 Å². The highest BCUT2D eigenvalue weighted by atomic mass is 32.2. The number of benzene rings is 2. The maximum absolute atomic E-state index is 12.8. The molecule has 0 aromatic heterocycles. The Morgan fingerprint density at radius 1 is 1.04 bits per heavy atom. The molecule has 0 bridgehead atoms. The molecule has 0 N–H and O–H groups in total. The Hall–Kier alpha value is -2.51. The van der Waals surface area contributed by atoms with Gasteiger partial charge in [-0.2, -0.15) is 0 Å². The van der Waals surface area contributed by atoms with Gasteiger partial charge in [0.1, 0.15) is 4.32 Å². The molecule has 28 heavy (non-hydrogen) atoms. The summed E-state index contributed by atoms with van der Waals surface area (Å²) in [6, 6.07) is 13.7. The number of methoxy groups -OCH3 is 3. The highest BCUT2D eigenvalue weighted by Gasteiger charge is 2.31. The van der Waals surface area contributed by atoms with E-state index in [1.54, 1.807) is 44.4 Å². The van der Waals surface area contributed by atoms with Crippen molar-refractivity contribution < 1.29 is 19.0 Å². The molecule has 7 heteroatoms. The average molecular weight is 416 g/mol. The Morgan fingerprint density at radius 3 is 2.25 bits per heavy atom. The molecular weight excluding hydrogens is 394 g/mol. The van der Waals surface area contributed by atoms with Crippen molar-refractivity contribution in [3.63, 3.8) is 0 Å². The van der Waals surface area contributed by atoms with Crippen LogP contribution in [0.5, 0.6) is 17.2 Å². The second kappa shape index (κ2) is 9.12. The zero-order valence-corrected chi connectivity index (χ0v) is 17.6. The van der Waals surface area contributed by atoms with E-state index < -0.39 is 0 Å². The van der Waals surface area contributed by atoms with Gasteiger partial charge in [-0.3, -0.25) is 9.69 Å². The summed E-state index contributed by atoms with van der Waals surface area (Å²) in [6.45, 7) is 0.557. The van der Waals surface area contributed by atoms with Crippen LogP contribution >= 0.6 is 24.0 Å². The first-order chi connectivity index (χ1) is 13.6. The first-order valence-corrected chi connectivity index (χ1v) is 9.89. The minimum absolute atomic E-state index is 0.0836. The lowest BCUT2D eigenvalue weighted by Gasteiger charge is -2.14. The predicted octanol–water partition coefficient (Wildman–Crippen LogP) is 4.16. The van der Waals surface area contributed by atoms with Gasteiger partial charge in [-0.1, -0.05) is 54.3 Å². The van der Waals surface area contributed by atoms with Crippen LogP contribution in [0.1, 0.15) is 11.1 Å².